The molecular formula is C23H24N4S2. The molecule has 29 heavy (non-hydrogen) atoms. The maximum absolute atomic E-state index is 4.83. The monoisotopic (exact) mass is 420 g/mol. The van der Waals surface area contributed by atoms with Crippen LogP contribution < -0.4 is 0 Å². The number of hydrogen-bond donors (Lipinski definition) is 0. The number of thiazole rings is 1. The third kappa shape index (κ3) is 4.77. The van der Waals surface area contributed by atoms with Crippen LogP contribution >= 0.6 is 23.1 Å². The SMILES string of the molecule is CCn1c(CCc2ccccc2)nnc1SCc1csc(-c2ccccc2C)n1. The van der Waals surface area contributed by atoms with Crippen LogP contribution in [-0.2, 0) is 25.1 Å². The van der Waals surface area contributed by atoms with Gasteiger partial charge in [0.25, 0.3) is 0 Å². The first kappa shape index (κ1) is 19.9. The van der Waals surface area contributed by atoms with Crippen molar-refractivity contribution < 1.29 is 0 Å². The molecule has 0 aliphatic carbocycles. The normalized spacial score (nSPS) is 11.1. The van der Waals surface area contributed by atoms with Crippen LogP contribution in [0.5, 0.6) is 0 Å². The summed E-state index contributed by atoms with van der Waals surface area (Å²) in [6.45, 7) is 5.16. The summed E-state index contributed by atoms with van der Waals surface area (Å²) in [6, 6.07) is 18.9. The summed E-state index contributed by atoms with van der Waals surface area (Å²) < 4.78 is 2.22. The molecule has 0 aliphatic rings. The van der Waals surface area contributed by atoms with Gasteiger partial charge < -0.3 is 4.57 Å². The highest BCUT2D eigenvalue weighted by molar-refractivity contribution is 7.98. The van der Waals surface area contributed by atoms with Gasteiger partial charge in [0.05, 0.1) is 5.69 Å². The van der Waals surface area contributed by atoms with Gasteiger partial charge in [-0.3, -0.25) is 0 Å². The number of aromatic nitrogens is 4. The lowest BCUT2D eigenvalue weighted by atomic mass is 10.1. The largest absolute Gasteiger partial charge is 0.306 e. The third-order valence-corrected chi connectivity index (χ3v) is 6.79. The Morgan fingerprint density at radius 2 is 1.76 bits per heavy atom. The Kier molecular flexibility index (Phi) is 6.42. The molecule has 0 radical (unpaired) electrons. The van der Waals surface area contributed by atoms with Crippen LogP contribution in [0, 0.1) is 6.92 Å². The van der Waals surface area contributed by atoms with E-state index < -0.39 is 0 Å². The van der Waals surface area contributed by atoms with E-state index in [0.717, 1.165) is 46.8 Å². The van der Waals surface area contributed by atoms with Crippen LogP contribution in [0.25, 0.3) is 10.6 Å². The summed E-state index contributed by atoms with van der Waals surface area (Å²) in [4.78, 5) is 4.83. The van der Waals surface area contributed by atoms with Gasteiger partial charge in [-0.25, -0.2) is 4.98 Å². The Morgan fingerprint density at radius 1 is 0.966 bits per heavy atom. The average molecular weight is 421 g/mol. The Hall–Kier alpha value is -2.44. The van der Waals surface area contributed by atoms with Crippen molar-refractivity contribution in [3.63, 3.8) is 0 Å². The minimum atomic E-state index is 0.805. The number of aryl methyl sites for hydroxylation is 3. The minimum absolute atomic E-state index is 0.805. The molecule has 0 aliphatic heterocycles. The molecule has 2 heterocycles. The lowest BCUT2D eigenvalue weighted by molar-refractivity contribution is 0.637. The van der Waals surface area contributed by atoms with Gasteiger partial charge in [-0.1, -0.05) is 66.4 Å². The third-order valence-electron chi connectivity index (χ3n) is 4.87. The number of benzene rings is 2. The molecule has 0 saturated carbocycles. The molecule has 0 unspecified atom stereocenters. The number of nitrogens with zero attached hydrogens (tertiary/aromatic N) is 4. The van der Waals surface area contributed by atoms with Crippen LogP contribution in [0.15, 0.2) is 65.1 Å². The summed E-state index contributed by atoms with van der Waals surface area (Å²) in [5.74, 6) is 1.86. The molecule has 4 aromatic rings. The van der Waals surface area contributed by atoms with Gasteiger partial charge in [0, 0.05) is 29.7 Å². The summed E-state index contributed by atoms with van der Waals surface area (Å²) >= 11 is 3.42. The van der Waals surface area contributed by atoms with Crippen molar-refractivity contribution in [1.82, 2.24) is 19.7 Å². The van der Waals surface area contributed by atoms with Gasteiger partial charge in [0.15, 0.2) is 5.16 Å². The van der Waals surface area contributed by atoms with E-state index in [2.05, 4.69) is 88.6 Å². The van der Waals surface area contributed by atoms with Gasteiger partial charge in [-0.05, 0) is 31.4 Å². The van der Waals surface area contributed by atoms with E-state index in [-0.39, 0.29) is 0 Å². The molecule has 2 aromatic heterocycles. The first-order chi connectivity index (χ1) is 14.2. The fourth-order valence-electron chi connectivity index (χ4n) is 3.28. The topological polar surface area (TPSA) is 43.6 Å². The number of thioether (sulfide) groups is 1. The second-order valence-electron chi connectivity index (χ2n) is 6.88. The van der Waals surface area contributed by atoms with E-state index in [1.54, 1.807) is 23.1 Å². The van der Waals surface area contributed by atoms with E-state index in [1.807, 2.05) is 0 Å². The van der Waals surface area contributed by atoms with E-state index in [1.165, 1.54) is 16.7 Å². The zero-order valence-corrected chi connectivity index (χ0v) is 18.3. The van der Waals surface area contributed by atoms with Crippen molar-refractivity contribution in [3.05, 3.63) is 82.6 Å². The molecule has 0 N–H and O–H groups in total. The smallest absolute Gasteiger partial charge is 0.191 e. The quantitative estimate of drug-likeness (QED) is 0.338. The van der Waals surface area contributed by atoms with Crippen LogP contribution in [0.3, 0.4) is 0 Å². The minimum Gasteiger partial charge on any atom is -0.306 e. The van der Waals surface area contributed by atoms with Gasteiger partial charge in [-0.15, -0.1) is 21.5 Å². The first-order valence-electron chi connectivity index (χ1n) is 9.83. The van der Waals surface area contributed by atoms with Crippen LogP contribution in [0.1, 0.15) is 29.6 Å². The second kappa shape index (κ2) is 9.37. The van der Waals surface area contributed by atoms with Crippen molar-refractivity contribution >= 4 is 23.1 Å². The van der Waals surface area contributed by atoms with E-state index in [9.17, 15) is 0 Å². The maximum atomic E-state index is 4.83. The maximum Gasteiger partial charge on any atom is 0.191 e. The van der Waals surface area contributed by atoms with Gasteiger partial charge in [0.1, 0.15) is 10.8 Å². The average Bonchev–Trinajstić information content (AvgIpc) is 3.38. The van der Waals surface area contributed by atoms with Gasteiger partial charge >= 0.3 is 0 Å². The van der Waals surface area contributed by atoms with E-state index in [4.69, 9.17) is 4.98 Å². The van der Waals surface area contributed by atoms with Crippen LogP contribution in [-0.4, -0.2) is 19.7 Å². The predicted molar refractivity (Wildman–Crippen MR) is 121 cm³/mol. The molecule has 0 spiro atoms. The molecule has 4 nitrogen and oxygen atoms in total. The molecule has 4 rings (SSSR count). The molecule has 0 fully saturated rings. The van der Waals surface area contributed by atoms with E-state index in [0.29, 0.717) is 0 Å². The predicted octanol–water partition coefficient (Wildman–Crippen LogP) is 5.81. The van der Waals surface area contributed by atoms with Crippen molar-refractivity contribution in [2.24, 2.45) is 0 Å². The van der Waals surface area contributed by atoms with Crippen LogP contribution in [0.4, 0.5) is 0 Å². The highest BCUT2D eigenvalue weighted by Gasteiger charge is 2.13. The van der Waals surface area contributed by atoms with Crippen molar-refractivity contribution in [1.29, 1.82) is 0 Å². The Labute approximate surface area is 180 Å². The van der Waals surface area contributed by atoms with Crippen molar-refractivity contribution in [2.75, 3.05) is 0 Å². The Morgan fingerprint density at radius 3 is 2.55 bits per heavy atom. The molecule has 0 bridgehead atoms. The lowest BCUT2D eigenvalue weighted by Gasteiger charge is -2.07. The summed E-state index contributed by atoms with van der Waals surface area (Å²) in [7, 11) is 0. The summed E-state index contributed by atoms with van der Waals surface area (Å²) in [5.41, 5.74) is 4.90. The van der Waals surface area contributed by atoms with Gasteiger partial charge in [0.2, 0.25) is 0 Å². The molecule has 6 heteroatoms. The zero-order valence-electron chi connectivity index (χ0n) is 16.7. The Balaban J connectivity index is 1.41. The number of rotatable bonds is 8. The molecule has 148 valence electrons. The summed E-state index contributed by atoms with van der Waals surface area (Å²) in [6.07, 6.45) is 1.88. The first-order valence-corrected chi connectivity index (χ1v) is 11.7. The van der Waals surface area contributed by atoms with Gasteiger partial charge in [-0.2, -0.15) is 0 Å². The standard InChI is InChI=1S/C23H24N4S2/c1-3-27-21(14-13-18-10-5-4-6-11-18)25-26-23(27)29-16-19-15-28-22(24-19)20-12-8-7-9-17(20)2/h4-12,15H,3,13-14,16H2,1-2H3. The molecule has 0 saturated heterocycles. The second-order valence-corrected chi connectivity index (χ2v) is 8.68. The number of hydrogen-bond acceptors (Lipinski definition) is 5. The molecule has 2 aromatic carbocycles. The Bertz CT molecular complexity index is 1070. The van der Waals surface area contributed by atoms with E-state index >= 15 is 0 Å². The zero-order chi connectivity index (χ0) is 20.1. The van der Waals surface area contributed by atoms with Crippen molar-refractivity contribution in [2.45, 2.75) is 44.1 Å². The molecule has 0 amide bonds. The molecular weight excluding hydrogens is 396 g/mol. The fourth-order valence-corrected chi connectivity index (χ4v) is 5.21. The highest BCUT2D eigenvalue weighted by Crippen LogP contribution is 2.29. The highest BCUT2D eigenvalue weighted by atomic mass is 32.2. The van der Waals surface area contributed by atoms with Crippen LogP contribution in [0.2, 0.25) is 0 Å². The fraction of sp³-hybridized carbons (Fsp3) is 0.261. The molecule has 0 atom stereocenters. The lowest BCUT2D eigenvalue weighted by Crippen LogP contribution is -2.05. The summed E-state index contributed by atoms with van der Waals surface area (Å²) in [5, 5.41) is 13.1. The van der Waals surface area contributed by atoms with Crippen molar-refractivity contribution in [3.8, 4) is 10.6 Å².